The summed E-state index contributed by atoms with van der Waals surface area (Å²) in [5.74, 6) is 1.65. The number of benzene rings is 1. The summed E-state index contributed by atoms with van der Waals surface area (Å²) in [6, 6.07) is 13.9. The Kier molecular flexibility index (Phi) is 6.40. The Hall–Kier alpha value is -2.04. The number of hydrogen-bond acceptors (Lipinski definition) is 4. The lowest BCUT2D eigenvalue weighted by molar-refractivity contribution is 0.414. The first-order valence-corrected chi connectivity index (χ1v) is 6.39. The van der Waals surface area contributed by atoms with Crippen LogP contribution < -0.4 is 10.1 Å². The summed E-state index contributed by atoms with van der Waals surface area (Å²) in [7, 11) is 3.52. The molecule has 0 aliphatic heterocycles. The Morgan fingerprint density at radius 3 is 2.50 bits per heavy atom. The Morgan fingerprint density at radius 1 is 1.00 bits per heavy atom. The predicted octanol–water partition coefficient (Wildman–Crippen LogP) is 4.19. The van der Waals surface area contributed by atoms with Crippen molar-refractivity contribution in [1.82, 2.24) is 9.97 Å². The van der Waals surface area contributed by atoms with Crippen LogP contribution in [0.4, 0.5) is 5.82 Å². The van der Waals surface area contributed by atoms with Gasteiger partial charge in [0, 0.05) is 30.3 Å². The van der Waals surface area contributed by atoms with E-state index in [1.54, 1.807) is 13.3 Å². The Labute approximate surface area is 141 Å². The standard InChI is InChI=1S/C16H15N3O.2ClH/c1-17-16-6-5-11-3-4-12(9-15(11)19-16)14-10-13(20-2)7-8-18-14;;/h3-10H,1-2H3,(H,17,19);2*1H. The molecule has 0 saturated carbocycles. The van der Waals surface area contributed by atoms with Crippen molar-refractivity contribution in [2.75, 3.05) is 19.5 Å². The van der Waals surface area contributed by atoms with Gasteiger partial charge in [-0.1, -0.05) is 12.1 Å². The molecule has 1 aromatic carbocycles. The fourth-order valence-electron chi connectivity index (χ4n) is 2.11. The molecule has 2 aromatic heterocycles. The lowest BCUT2D eigenvalue weighted by Gasteiger charge is -2.06. The highest BCUT2D eigenvalue weighted by molar-refractivity contribution is 5.86. The normalized spacial score (nSPS) is 9.55. The molecule has 3 rings (SSSR count). The van der Waals surface area contributed by atoms with Crippen molar-refractivity contribution in [3.63, 3.8) is 0 Å². The third kappa shape index (κ3) is 3.59. The lowest BCUT2D eigenvalue weighted by Crippen LogP contribution is -1.92. The minimum Gasteiger partial charge on any atom is -0.497 e. The fraction of sp³-hybridized carbons (Fsp3) is 0.125. The smallest absolute Gasteiger partial charge is 0.126 e. The number of nitrogens with zero attached hydrogens (tertiary/aromatic N) is 2. The number of fused-ring (bicyclic) bond motifs is 1. The Bertz CT molecular complexity index is 765. The van der Waals surface area contributed by atoms with Crippen LogP contribution in [0.25, 0.3) is 22.2 Å². The molecule has 116 valence electrons. The van der Waals surface area contributed by atoms with Gasteiger partial charge < -0.3 is 10.1 Å². The van der Waals surface area contributed by atoms with Gasteiger partial charge in [-0.05, 0) is 24.3 Å². The van der Waals surface area contributed by atoms with E-state index in [0.29, 0.717) is 0 Å². The number of nitrogens with one attached hydrogen (secondary N) is 1. The quantitative estimate of drug-likeness (QED) is 0.778. The average molecular weight is 338 g/mol. The summed E-state index contributed by atoms with van der Waals surface area (Å²) in [5, 5.41) is 4.16. The average Bonchev–Trinajstić information content (AvgIpc) is 2.53. The molecule has 0 spiro atoms. The second kappa shape index (κ2) is 7.82. The summed E-state index contributed by atoms with van der Waals surface area (Å²) in [6.07, 6.45) is 1.75. The van der Waals surface area contributed by atoms with Crippen LogP contribution in [0.1, 0.15) is 0 Å². The molecule has 22 heavy (non-hydrogen) atoms. The number of rotatable bonds is 3. The van der Waals surface area contributed by atoms with Crippen LogP contribution in [0.3, 0.4) is 0 Å². The molecular weight excluding hydrogens is 321 g/mol. The molecule has 6 heteroatoms. The maximum atomic E-state index is 5.23. The molecule has 0 fully saturated rings. The van der Waals surface area contributed by atoms with Crippen molar-refractivity contribution in [1.29, 1.82) is 0 Å². The van der Waals surface area contributed by atoms with Crippen molar-refractivity contribution in [2.24, 2.45) is 0 Å². The third-order valence-corrected chi connectivity index (χ3v) is 3.21. The first-order chi connectivity index (χ1) is 9.80. The van der Waals surface area contributed by atoms with E-state index in [2.05, 4.69) is 27.4 Å². The van der Waals surface area contributed by atoms with Gasteiger partial charge in [0.25, 0.3) is 0 Å². The summed E-state index contributed by atoms with van der Waals surface area (Å²) in [6.45, 7) is 0. The van der Waals surface area contributed by atoms with Crippen molar-refractivity contribution >= 4 is 41.5 Å². The molecule has 0 unspecified atom stereocenters. The molecule has 2 heterocycles. The molecule has 0 atom stereocenters. The monoisotopic (exact) mass is 337 g/mol. The van der Waals surface area contributed by atoms with E-state index in [0.717, 1.165) is 33.7 Å². The molecule has 0 amide bonds. The highest BCUT2D eigenvalue weighted by Crippen LogP contribution is 2.25. The Morgan fingerprint density at radius 2 is 1.77 bits per heavy atom. The van der Waals surface area contributed by atoms with Gasteiger partial charge in [0.2, 0.25) is 0 Å². The largest absolute Gasteiger partial charge is 0.497 e. The van der Waals surface area contributed by atoms with E-state index in [1.165, 1.54) is 0 Å². The van der Waals surface area contributed by atoms with E-state index in [1.807, 2.05) is 37.4 Å². The van der Waals surface area contributed by atoms with Gasteiger partial charge in [-0.3, -0.25) is 4.98 Å². The van der Waals surface area contributed by atoms with E-state index in [-0.39, 0.29) is 24.8 Å². The van der Waals surface area contributed by atoms with Crippen LogP contribution in [-0.4, -0.2) is 24.1 Å². The third-order valence-electron chi connectivity index (χ3n) is 3.21. The van der Waals surface area contributed by atoms with Crippen molar-refractivity contribution < 1.29 is 4.74 Å². The molecule has 3 aromatic rings. The highest BCUT2D eigenvalue weighted by atomic mass is 35.5. The minimum absolute atomic E-state index is 0. The van der Waals surface area contributed by atoms with Crippen molar-refractivity contribution in [2.45, 2.75) is 0 Å². The van der Waals surface area contributed by atoms with Crippen LogP contribution in [0.15, 0.2) is 48.7 Å². The number of hydrogen-bond donors (Lipinski definition) is 1. The van der Waals surface area contributed by atoms with E-state index in [9.17, 15) is 0 Å². The summed E-state index contributed by atoms with van der Waals surface area (Å²) in [5.41, 5.74) is 2.85. The number of halogens is 2. The van der Waals surface area contributed by atoms with E-state index >= 15 is 0 Å². The van der Waals surface area contributed by atoms with Gasteiger partial charge in [0.15, 0.2) is 0 Å². The van der Waals surface area contributed by atoms with E-state index in [4.69, 9.17) is 4.74 Å². The molecule has 0 aliphatic rings. The van der Waals surface area contributed by atoms with Crippen molar-refractivity contribution in [3.8, 4) is 17.0 Å². The minimum atomic E-state index is 0. The van der Waals surface area contributed by atoms with Crippen LogP contribution in [0.5, 0.6) is 5.75 Å². The van der Waals surface area contributed by atoms with Gasteiger partial charge in [-0.15, -0.1) is 24.8 Å². The molecule has 1 N–H and O–H groups in total. The molecular formula is C16H17Cl2N3O. The Balaban J connectivity index is 0.00000121. The van der Waals surface area contributed by atoms with Crippen LogP contribution in [0, 0.1) is 0 Å². The summed E-state index contributed by atoms with van der Waals surface area (Å²) >= 11 is 0. The second-order valence-electron chi connectivity index (χ2n) is 4.43. The zero-order chi connectivity index (χ0) is 13.9. The molecule has 0 radical (unpaired) electrons. The molecule has 0 bridgehead atoms. The van der Waals surface area contributed by atoms with Gasteiger partial charge in [-0.2, -0.15) is 0 Å². The lowest BCUT2D eigenvalue weighted by atomic mass is 10.1. The van der Waals surface area contributed by atoms with Gasteiger partial charge in [0.1, 0.15) is 11.6 Å². The predicted molar refractivity (Wildman–Crippen MR) is 95.6 cm³/mol. The number of pyridine rings is 2. The zero-order valence-corrected chi connectivity index (χ0v) is 13.9. The second-order valence-corrected chi connectivity index (χ2v) is 4.43. The SMILES string of the molecule is CNc1ccc2ccc(-c3cc(OC)ccn3)cc2n1.Cl.Cl. The van der Waals surface area contributed by atoms with Gasteiger partial charge in [0.05, 0.1) is 18.3 Å². The van der Waals surface area contributed by atoms with Gasteiger partial charge >= 0.3 is 0 Å². The van der Waals surface area contributed by atoms with Crippen LogP contribution in [-0.2, 0) is 0 Å². The molecule has 4 nitrogen and oxygen atoms in total. The van der Waals surface area contributed by atoms with Crippen molar-refractivity contribution in [3.05, 3.63) is 48.7 Å². The first kappa shape index (κ1) is 18.0. The molecule has 0 saturated heterocycles. The maximum Gasteiger partial charge on any atom is 0.126 e. The summed E-state index contributed by atoms with van der Waals surface area (Å²) < 4.78 is 5.23. The summed E-state index contributed by atoms with van der Waals surface area (Å²) in [4.78, 5) is 8.94. The number of ether oxygens (including phenoxy) is 1. The topological polar surface area (TPSA) is 47.0 Å². The number of methoxy groups -OCH3 is 1. The van der Waals surface area contributed by atoms with E-state index < -0.39 is 0 Å². The number of aromatic nitrogens is 2. The van der Waals surface area contributed by atoms with Crippen LogP contribution in [0.2, 0.25) is 0 Å². The fourth-order valence-corrected chi connectivity index (χ4v) is 2.11. The van der Waals surface area contributed by atoms with Crippen LogP contribution >= 0.6 is 24.8 Å². The van der Waals surface area contributed by atoms with Gasteiger partial charge in [-0.25, -0.2) is 4.98 Å². The first-order valence-electron chi connectivity index (χ1n) is 6.39. The molecule has 0 aliphatic carbocycles. The maximum absolute atomic E-state index is 5.23. The number of anilines is 1. The zero-order valence-electron chi connectivity index (χ0n) is 12.2. The highest BCUT2D eigenvalue weighted by Gasteiger charge is 2.04.